The summed E-state index contributed by atoms with van der Waals surface area (Å²) in [6.45, 7) is 5.22. The van der Waals surface area contributed by atoms with E-state index >= 15 is 0 Å². The largest absolute Gasteiger partial charge is 0.493 e. The minimum Gasteiger partial charge on any atom is -0.493 e. The van der Waals surface area contributed by atoms with Crippen LogP contribution in [-0.2, 0) is 26.4 Å². The van der Waals surface area contributed by atoms with Gasteiger partial charge >= 0.3 is 0 Å². The van der Waals surface area contributed by atoms with Crippen LogP contribution in [0, 0.1) is 6.92 Å². The van der Waals surface area contributed by atoms with Gasteiger partial charge in [-0.3, -0.25) is 4.90 Å². The molecule has 156 valence electrons. The zero-order chi connectivity index (χ0) is 20.5. The molecular weight excluding hydrogens is 368 g/mol. The van der Waals surface area contributed by atoms with E-state index in [1.807, 2.05) is 0 Å². The van der Waals surface area contributed by atoms with Crippen LogP contribution in [0.1, 0.15) is 46.7 Å². The van der Waals surface area contributed by atoms with E-state index in [1.54, 1.807) is 0 Å². The van der Waals surface area contributed by atoms with Gasteiger partial charge in [-0.2, -0.15) is 0 Å². The zero-order valence-corrected chi connectivity index (χ0v) is 18.2. The van der Waals surface area contributed by atoms with Crippen LogP contribution in [0.25, 0.3) is 0 Å². The highest BCUT2D eigenvalue weighted by molar-refractivity contribution is 5.41. The predicted octanol–water partition coefficient (Wildman–Crippen LogP) is 5.26. The van der Waals surface area contributed by atoms with Crippen LogP contribution in [0.15, 0.2) is 60.8 Å². The number of likely N-dealkylation sites (tertiary alicyclic amines) is 1. The monoisotopic (exact) mass is 400 g/mol. The summed E-state index contributed by atoms with van der Waals surface area (Å²) >= 11 is 0. The molecule has 3 nitrogen and oxygen atoms in total. The van der Waals surface area contributed by atoms with E-state index in [2.05, 4.69) is 84.2 Å². The van der Waals surface area contributed by atoms with Crippen molar-refractivity contribution in [2.24, 2.45) is 7.05 Å². The normalized spacial score (nSPS) is 21.0. The van der Waals surface area contributed by atoms with Crippen molar-refractivity contribution < 1.29 is 4.74 Å². The quantitative estimate of drug-likeness (QED) is 0.562. The second-order valence-electron chi connectivity index (χ2n) is 9.12. The van der Waals surface area contributed by atoms with Crippen LogP contribution in [0.5, 0.6) is 5.75 Å². The summed E-state index contributed by atoms with van der Waals surface area (Å²) in [5.74, 6) is 1.70. The van der Waals surface area contributed by atoms with E-state index < -0.39 is 0 Å². The smallest absolute Gasteiger partial charge is 0.122 e. The van der Waals surface area contributed by atoms with E-state index in [-0.39, 0.29) is 0 Å². The Hall–Kier alpha value is -2.52. The van der Waals surface area contributed by atoms with Gasteiger partial charge in [-0.25, -0.2) is 0 Å². The Morgan fingerprint density at radius 2 is 2.00 bits per heavy atom. The molecule has 0 bridgehead atoms. The third-order valence-electron chi connectivity index (χ3n) is 6.97. The summed E-state index contributed by atoms with van der Waals surface area (Å²) in [5.41, 5.74) is 7.10. The van der Waals surface area contributed by atoms with Crippen molar-refractivity contribution in [1.29, 1.82) is 0 Å². The number of nitrogens with zero attached hydrogens (tertiary/aromatic N) is 2. The summed E-state index contributed by atoms with van der Waals surface area (Å²) in [7, 11) is 2.16. The molecule has 0 aliphatic carbocycles. The van der Waals surface area contributed by atoms with Gasteiger partial charge in [-0.05, 0) is 67.0 Å². The van der Waals surface area contributed by atoms with Crippen LogP contribution < -0.4 is 4.74 Å². The van der Waals surface area contributed by atoms with Crippen LogP contribution in [-0.4, -0.2) is 28.7 Å². The molecule has 1 saturated heterocycles. The lowest BCUT2D eigenvalue weighted by atomic mass is 9.93. The lowest BCUT2D eigenvalue weighted by Crippen LogP contribution is -2.29. The first-order valence-electron chi connectivity index (χ1n) is 11.3. The van der Waals surface area contributed by atoms with Gasteiger partial charge in [-0.15, -0.1) is 0 Å². The molecule has 5 rings (SSSR count). The van der Waals surface area contributed by atoms with E-state index in [1.165, 1.54) is 40.8 Å². The SMILES string of the molecule is Cc1cccc(CN2CC(c3ccc4c(c3)CCO4)CC2CCc2cccn2C)c1. The maximum Gasteiger partial charge on any atom is 0.122 e. The van der Waals surface area contributed by atoms with Gasteiger partial charge < -0.3 is 9.30 Å². The summed E-state index contributed by atoms with van der Waals surface area (Å²) in [6.07, 6.45) is 6.82. The zero-order valence-electron chi connectivity index (χ0n) is 18.2. The molecule has 1 aromatic heterocycles. The number of hydrogen-bond donors (Lipinski definition) is 0. The highest BCUT2D eigenvalue weighted by Gasteiger charge is 2.33. The van der Waals surface area contributed by atoms with Crippen molar-refractivity contribution in [2.75, 3.05) is 13.2 Å². The standard InChI is InChI=1S/C27H32N2O/c1-20-5-3-6-21(15-20)18-29-19-24(22-8-11-27-23(16-22)12-14-30-27)17-26(29)10-9-25-7-4-13-28(25)2/h3-8,11,13,15-16,24,26H,9-10,12,14,17-19H2,1-2H3. The first-order valence-corrected chi connectivity index (χ1v) is 11.3. The van der Waals surface area contributed by atoms with E-state index in [0.29, 0.717) is 12.0 Å². The maximum absolute atomic E-state index is 5.73. The van der Waals surface area contributed by atoms with E-state index in [4.69, 9.17) is 4.74 Å². The van der Waals surface area contributed by atoms with Gasteiger partial charge in [0, 0.05) is 44.5 Å². The average molecular weight is 401 g/mol. The highest BCUT2D eigenvalue weighted by Crippen LogP contribution is 2.37. The molecular formula is C27H32N2O. The Kier molecular flexibility index (Phi) is 5.39. The number of aromatic nitrogens is 1. The second kappa shape index (κ2) is 8.31. The average Bonchev–Trinajstić information content (AvgIpc) is 3.46. The van der Waals surface area contributed by atoms with Gasteiger partial charge in [-0.1, -0.05) is 42.0 Å². The van der Waals surface area contributed by atoms with Crippen molar-refractivity contribution in [2.45, 2.75) is 51.1 Å². The molecule has 30 heavy (non-hydrogen) atoms. The minimum absolute atomic E-state index is 0.610. The summed E-state index contributed by atoms with van der Waals surface area (Å²) < 4.78 is 7.99. The molecule has 2 unspecified atom stereocenters. The first kappa shape index (κ1) is 19.4. The molecule has 2 aliphatic heterocycles. The van der Waals surface area contributed by atoms with E-state index in [0.717, 1.165) is 38.3 Å². The van der Waals surface area contributed by atoms with Gasteiger partial charge in [0.2, 0.25) is 0 Å². The van der Waals surface area contributed by atoms with Crippen molar-refractivity contribution in [1.82, 2.24) is 9.47 Å². The molecule has 0 N–H and O–H groups in total. The van der Waals surface area contributed by atoms with Crippen LogP contribution in [0.3, 0.4) is 0 Å². The fourth-order valence-electron chi connectivity index (χ4n) is 5.30. The molecule has 1 fully saturated rings. The Morgan fingerprint density at radius 1 is 1.07 bits per heavy atom. The Bertz CT molecular complexity index is 1020. The molecule has 3 heteroatoms. The lowest BCUT2D eigenvalue weighted by Gasteiger charge is -2.24. The number of hydrogen-bond acceptors (Lipinski definition) is 2. The Balaban J connectivity index is 1.35. The van der Waals surface area contributed by atoms with Gasteiger partial charge in [0.05, 0.1) is 6.61 Å². The summed E-state index contributed by atoms with van der Waals surface area (Å²) in [6, 6.07) is 21.0. The fraction of sp³-hybridized carbons (Fsp3) is 0.407. The molecule has 2 atom stereocenters. The minimum atomic E-state index is 0.610. The van der Waals surface area contributed by atoms with Gasteiger partial charge in [0.25, 0.3) is 0 Å². The molecule has 0 saturated carbocycles. The van der Waals surface area contributed by atoms with Gasteiger partial charge in [0.15, 0.2) is 0 Å². The van der Waals surface area contributed by atoms with Gasteiger partial charge in [0.1, 0.15) is 5.75 Å². The van der Waals surface area contributed by atoms with Crippen molar-refractivity contribution in [3.05, 3.63) is 88.7 Å². The van der Waals surface area contributed by atoms with Crippen LogP contribution >= 0.6 is 0 Å². The molecule has 0 amide bonds. The predicted molar refractivity (Wildman–Crippen MR) is 122 cm³/mol. The van der Waals surface area contributed by atoms with Crippen LogP contribution in [0.4, 0.5) is 0 Å². The fourth-order valence-corrected chi connectivity index (χ4v) is 5.30. The third kappa shape index (κ3) is 4.04. The third-order valence-corrected chi connectivity index (χ3v) is 6.97. The lowest BCUT2D eigenvalue weighted by molar-refractivity contribution is 0.233. The number of ether oxygens (including phenoxy) is 1. The molecule has 0 spiro atoms. The molecule has 0 radical (unpaired) electrons. The molecule has 3 aromatic rings. The molecule has 2 aliphatic rings. The second-order valence-corrected chi connectivity index (χ2v) is 9.12. The summed E-state index contributed by atoms with van der Waals surface area (Å²) in [4.78, 5) is 2.73. The van der Waals surface area contributed by atoms with Crippen molar-refractivity contribution in [3.63, 3.8) is 0 Å². The van der Waals surface area contributed by atoms with Crippen LogP contribution in [0.2, 0.25) is 0 Å². The number of aryl methyl sites for hydroxylation is 3. The maximum atomic E-state index is 5.73. The van der Waals surface area contributed by atoms with E-state index in [9.17, 15) is 0 Å². The Morgan fingerprint density at radius 3 is 2.83 bits per heavy atom. The number of benzene rings is 2. The summed E-state index contributed by atoms with van der Waals surface area (Å²) in [5, 5.41) is 0. The first-order chi connectivity index (χ1) is 14.7. The number of fused-ring (bicyclic) bond motifs is 1. The molecule has 3 heterocycles. The highest BCUT2D eigenvalue weighted by atomic mass is 16.5. The topological polar surface area (TPSA) is 17.4 Å². The Labute approximate surface area is 180 Å². The van der Waals surface area contributed by atoms with Crippen molar-refractivity contribution >= 4 is 0 Å². The van der Waals surface area contributed by atoms with Crippen molar-refractivity contribution in [3.8, 4) is 5.75 Å². The molecule has 2 aromatic carbocycles. The number of rotatable bonds is 6.